The van der Waals surface area contributed by atoms with E-state index in [9.17, 15) is 8.42 Å². The quantitative estimate of drug-likeness (QED) is 0.500. The van der Waals surface area contributed by atoms with Crippen LogP contribution in [-0.2, 0) is 10.1 Å². The molecular formula is C18H16N2O3S. The average Bonchev–Trinajstić information content (AvgIpc) is 2.55. The fraction of sp³-hybridized carbons (Fsp3) is 0. The molecular weight excluding hydrogens is 324 g/mol. The third kappa shape index (κ3) is 3.24. The van der Waals surface area contributed by atoms with Crippen LogP contribution >= 0.6 is 0 Å². The van der Waals surface area contributed by atoms with Crippen LogP contribution in [0.1, 0.15) is 0 Å². The van der Waals surface area contributed by atoms with Gasteiger partial charge in [0, 0.05) is 16.9 Å². The van der Waals surface area contributed by atoms with Crippen LogP contribution in [-0.4, -0.2) is 13.0 Å². The Morgan fingerprint density at radius 3 is 1.83 bits per heavy atom. The van der Waals surface area contributed by atoms with E-state index in [0.29, 0.717) is 11.4 Å². The molecule has 0 radical (unpaired) electrons. The van der Waals surface area contributed by atoms with Crippen LogP contribution in [0.25, 0.3) is 22.3 Å². The van der Waals surface area contributed by atoms with Crippen molar-refractivity contribution in [2.45, 2.75) is 4.90 Å². The number of rotatable bonds is 3. The van der Waals surface area contributed by atoms with Gasteiger partial charge in [0.05, 0.1) is 4.90 Å². The van der Waals surface area contributed by atoms with E-state index in [1.165, 1.54) is 12.1 Å². The van der Waals surface area contributed by atoms with Crippen molar-refractivity contribution in [1.82, 2.24) is 0 Å². The van der Waals surface area contributed by atoms with Crippen LogP contribution in [0.15, 0.2) is 71.6 Å². The molecule has 3 rings (SSSR count). The highest BCUT2D eigenvalue weighted by molar-refractivity contribution is 7.85. The average molecular weight is 340 g/mol. The first-order valence-electron chi connectivity index (χ1n) is 7.18. The second kappa shape index (κ2) is 5.99. The van der Waals surface area contributed by atoms with Crippen molar-refractivity contribution in [3.63, 3.8) is 0 Å². The Bertz CT molecular complexity index is 980. The predicted octanol–water partition coefficient (Wildman–Crippen LogP) is 3.43. The van der Waals surface area contributed by atoms with Crippen LogP contribution in [0.5, 0.6) is 0 Å². The van der Waals surface area contributed by atoms with Crippen molar-refractivity contribution in [2.24, 2.45) is 0 Å². The largest absolute Gasteiger partial charge is 0.399 e. The molecule has 0 fully saturated rings. The molecule has 3 aromatic carbocycles. The molecule has 0 saturated carbocycles. The van der Waals surface area contributed by atoms with Crippen molar-refractivity contribution in [3.05, 3.63) is 66.7 Å². The summed E-state index contributed by atoms with van der Waals surface area (Å²) in [5.74, 6) is 0. The Hall–Kier alpha value is -2.83. The molecule has 6 heteroatoms. The van der Waals surface area contributed by atoms with E-state index in [1.54, 1.807) is 18.2 Å². The van der Waals surface area contributed by atoms with Gasteiger partial charge in [0.25, 0.3) is 10.1 Å². The van der Waals surface area contributed by atoms with Crippen molar-refractivity contribution in [2.75, 3.05) is 11.5 Å². The maximum atomic E-state index is 11.1. The van der Waals surface area contributed by atoms with Crippen molar-refractivity contribution in [1.29, 1.82) is 0 Å². The molecule has 0 aliphatic rings. The smallest absolute Gasteiger partial charge is 0.294 e. The minimum Gasteiger partial charge on any atom is -0.399 e. The fourth-order valence-corrected chi connectivity index (χ4v) is 2.95. The van der Waals surface area contributed by atoms with Gasteiger partial charge in [-0.2, -0.15) is 8.42 Å². The normalized spacial score (nSPS) is 11.4. The minimum absolute atomic E-state index is 0.153. The molecule has 0 heterocycles. The van der Waals surface area contributed by atoms with Gasteiger partial charge in [-0.1, -0.05) is 30.3 Å². The first-order chi connectivity index (χ1) is 11.3. The molecule has 0 aromatic heterocycles. The highest BCUT2D eigenvalue weighted by Crippen LogP contribution is 2.32. The molecule has 24 heavy (non-hydrogen) atoms. The second-order valence-electron chi connectivity index (χ2n) is 5.42. The van der Waals surface area contributed by atoms with Crippen molar-refractivity contribution >= 4 is 21.5 Å². The molecule has 0 unspecified atom stereocenters. The number of nitrogens with two attached hydrogens (primary N) is 2. The number of nitrogen functional groups attached to an aromatic ring is 2. The van der Waals surface area contributed by atoms with E-state index in [2.05, 4.69) is 0 Å². The van der Waals surface area contributed by atoms with Crippen molar-refractivity contribution in [3.8, 4) is 22.3 Å². The lowest BCUT2D eigenvalue weighted by Crippen LogP contribution is -1.97. The van der Waals surface area contributed by atoms with Crippen LogP contribution in [0.3, 0.4) is 0 Å². The second-order valence-corrected chi connectivity index (χ2v) is 6.85. The van der Waals surface area contributed by atoms with Gasteiger partial charge in [0.15, 0.2) is 0 Å². The van der Waals surface area contributed by atoms with Gasteiger partial charge in [-0.15, -0.1) is 0 Å². The molecule has 5 nitrogen and oxygen atoms in total. The monoisotopic (exact) mass is 340 g/mol. The molecule has 0 atom stereocenters. The van der Waals surface area contributed by atoms with Gasteiger partial charge in [-0.25, -0.2) is 0 Å². The molecule has 122 valence electrons. The highest BCUT2D eigenvalue weighted by Gasteiger charge is 2.11. The summed E-state index contributed by atoms with van der Waals surface area (Å²) < 4.78 is 31.3. The van der Waals surface area contributed by atoms with Gasteiger partial charge >= 0.3 is 0 Å². The lowest BCUT2D eigenvalue weighted by Gasteiger charge is -2.10. The van der Waals surface area contributed by atoms with E-state index >= 15 is 0 Å². The third-order valence-electron chi connectivity index (χ3n) is 3.76. The predicted molar refractivity (Wildman–Crippen MR) is 96.0 cm³/mol. The fourth-order valence-electron chi connectivity index (χ4n) is 2.47. The molecule has 0 aliphatic carbocycles. The first-order valence-corrected chi connectivity index (χ1v) is 8.62. The van der Waals surface area contributed by atoms with E-state index in [0.717, 1.165) is 22.3 Å². The van der Waals surface area contributed by atoms with E-state index in [1.807, 2.05) is 36.4 Å². The first kappa shape index (κ1) is 16.0. The molecule has 0 amide bonds. The SMILES string of the molecule is Nc1ccc(-c2ccc(N)c(-c3ccc(S(=O)(=O)O)cc3)c2)cc1. The Kier molecular flexibility index (Phi) is 4.01. The molecule has 0 spiro atoms. The number of hydrogen-bond donors (Lipinski definition) is 3. The summed E-state index contributed by atoms with van der Waals surface area (Å²) in [5, 5.41) is 0. The van der Waals surface area contributed by atoms with E-state index in [4.69, 9.17) is 16.0 Å². The van der Waals surface area contributed by atoms with E-state index < -0.39 is 10.1 Å². The van der Waals surface area contributed by atoms with Crippen LogP contribution < -0.4 is 11.5 Å². The summed E-state index contributed by atoms with van der Waals surface area (Å²) in [4.78, 5) is -0.153. The highest BCUT2D eigenvalue weighted by atomic mass is 32.2. The summed E-state index contributed by atoms with van der Waals surface area (Å²) in [6, 6.07) is 19.1. The maximum Gasteiger partial charge on any atom is 0.294 e. The van der Waals surface area contributed by atoms with Crippen molar-refractivity contribution < 1.29 is 13.0 Å². The zero-order valence-corrected chi connectivity index (χ0v) is 13.5. The maximum absolute atomic E-state index is 11.1. The molecule has 3 aromatic rings. The Balaban J connectivity index is 2.05. The van der Waals surface area contributed by atoms with E-state index in [-0.39, 0.29) is 4.90 Å². The lowest BCUT2D eigenvalue weighted by molar-refractivity contribution is 0.483. The molecule has 5 N–H and O–H groups in total. The zero-order valence-electron chi connectivity index (χ0n) is 12.7. The Morgan fingerprint density at radius 1 is 0.708 bits per heavy atom. The standard InChI is InChI=1S/C18H16N2O3S/c19-15-6-1-12(2-7-15)14-5-10-18(20)17(11-14)13-3-8-16(9-4-13)24(21,22)23/h1-11H,19-20H2,(H,21,22,23). The molecule has 0 bridgehead atoms. The number of anilines is 2. The lowest BCUT2D eigenvalue weighted by atomic mass is 9.97. The Morgan fingerprint density at radius 2 is 1.25 bits per heavy atom. The van der Waals surface area contributed by atoms with Gasteiger partial charge in [-0.3, -0.25) is 4.55 Å². The van der Waals surface area contributed by atoms with Crippen LogP contribution in [0.2, 0.25) is 0 Å². The topological polar surface area (TPSA) is 106 Å². The minimum atomic E-state index is -4.21. The Labute approximate surface area is 140 Å². The number of benzene rings is 3. The summed E-state index contributed by atoms with van der Waals surface area (Å²) >= 11 is 0. The summed E-state index contributed by atoms with van der Waals surface area (Å²) in [7, 11) is -4.21. The summed E-state index contributed by atoms with van der Waals surface area (Å²) in [5.41, 5.74) is 16.6. The van der Waals surface area contributed by atoms with Gasteiger partial charge in [0.1, 0.15) is 0 Å². The van der Waals surface area contributed by atoms with Crippen LogP contribution in [0.4, 0.5) is 11.4 Å². The van der Waals surface area contributed by atoms with Crippen LogP contribution in [0, 0.1) is 0 Å². The third-order valence-corrected chi connectivity index (χ3v) is 4.63. The van der Waals surface area contributed by atoms with Gasteiger partial charge < -0.3 is 11.5 Å². The molecule has 0 aliphatic heterocycles. The number of hydrogen-bond acceptors (Lipinski definition) is 4. The zero-order chi connectivity index (χ0) is 17.3. The summed E-state index contributed by atoms with van der Waals surface area (Å²) in [6.07, 6.45) is 0. The summed E-state index contributed by atoms with van der Waals surface area (Å²) in [6.45, 7) is 0. The van der Waals surface area contributed by atoms with Gasteiger partial charge in [-0.05, 0) is 53.1 Å². The molecule has 0 saturated heterocycles. The van der Waals surface area contributed by atoms with Gasteiger partial charge in [0.2, 0.25) is 0 Å².